The molecule has 0 fully saturated rings. The van der Waals surface area contributed by atoms with Crippen LogP contribution in [0.15, 0.2) is 35.3 Å². The van der Waals surface area contributed by atoms with E-state index < -0.39 is 256 Å². The van der Waals surface area contributed by atoms with Crippen LogP contribution in [0.2, 0.25) is 0 Å². The third-order valence-electron chi connectivity index (χ3n) is 14.6. The van der Waals surface area contributed by atoms with Crippen molar-refractivity contribution in [3.05, 3.63) is 52.1 Å². The molecular weight excluding hydrogens is 1400 g/mol. The van der Waals surface area contributed by atoms with Gasteiger partial charge in [-0.25, -0.2) is 19.6 Å². The van der Waals surface area contributed by atoms with Gasteiger partial charge in [0.1, 0.15) is 122 Å². The van der Waals surface area contributed by atoms with Crippen LogP contribution in [-0.2, 0) is 59.3 Å². The summed E-state index contributed by atoms with van der Waals surface area (Å²) in [6, 6.07) is -15.7. The molecule has 0 bridgehead atoms. The van der Waals surface area contributed by atoms with E-state index >= 15 is 0 Å². The summed E-state index contributed by atoms with van der Waals surface area (Å²) >= 11 is 3.73. The molecule has 32 N–H and O–H groups in total. The van der Waals surface area contributed by atoms with Gasteiger partial charge in [-0.05, 0) is 30.7 Å². The van der Waals surface area contributed by atoms with Gasteiger partial charge < -0.3 is 156 Å². The number of aliphatic hydroxyl groups is 16. The van der Waals surface area contributed by atoms with Gasteiger partial charge in [0, 0.05) is 23.4 Å². The highest BCUT2D eigenvalue weighted by atomic mass is 32.1. The molecule has 3 aromatic rings. The Morgan fingerprint density at radius 3 is 1.22 bits per heavy atom. The van der Waals surface area contributed by atoms with Gasteiger partial charge in [-0.2, -0.15) is 17.6 Å². The predicted octanol–water partition coefficient (Wildman–Crippen LogP) is -16.5. The summed E-state index contributed by atoms with van der Waals surface area (Å²) in [5.41, 5.74) is 5.23. The first-order valence-corrected chi connectivity index (χ1v) is 30.3. The van der Waals surface area contributed by atoms with Gasteiger partial charge in [-0.3, -0.25) is 57.7 Å². The largest absolute Gasteiger partial charge is 0.481 e. The van der Waals surface area contributed by atoms with Crippen molar-refractivity contribution in [1.82, 2.24) is 62.5 Å². The Labute approximate surface area is 576 Å². The van der Waals surface area contributed by atoms with Crippen LogP contribution in [0.5, 0.6) is 0 Å². The Hall–Kier alpha value is -9.61. The molecule has 3 rings (SSSR count). The van der Waals surface area contributed by atoms with Crippen molar-refractivity contribution in [2.45, 2.75) is 154 Å². The molecule has 0 saturated heterocycles. The number of carbonyl (C=O) groups is 12. The number of nitrogens with one attached hydrogen (secondary N) is 10. The lowest BCUT2D eigenvalue weighted by molar-refractivity contribution is -0.149. The second kappa shape index (κ2) is 40.7. The second-order valence-electron chi connectivity index (χ2n) is 22.1. The lowest BCUT2D eigenvalue weighted by atomic mass is 9.96. The van der Waals surface area contributed by atoms with E-state index in [1.807, 2.05) is 5.32 Å². The molecule has 1 aromatic carbocycles. The fourth-order valence-corrected chi connectivity index (χ4v) is 9.10. The second-order valence-corrected chi connectivity index (χ2v) is 22.5. The average Bonchev–Trinajstić information content (AvgIpc) is 0.822. The predicted molar refractivity (Wildman–Crippen MR) is 334 cm³/mol. The number of nitrogen functional groups attached to an aromatic ring is 1. The van der Waals surface area contributed by atoms with Crippen molar-refractivity contribution in [3.63, 3.8) is 0 Å². The molecule has 8 amide bonds. The van der Waals surface area contributed by atoms with Crippen LogP contribution in [0.3, 0.4) is 0 Å². The summed E-state index contributed by atoms with van der Waals surface area (Å²) in [6.07, 6.45) is -36.4. The van der Waals surface area contributed by atoms with Gasteiger partial charge in [0.25, 0.3) is 11.5 Å². The molecule has 2 aromatic heterocycles. The zero-order chi connectivity index (χ0) is 77.3. The number of nitrogens with zero attached hydrogens (tertiary/aromatic N) is 3. The molecule has 568 valence electrons. The number of benzene rings is 1. The number of carboxylic acids is 4. The van der Waals surface area contributed by atoms with Crippen LogP contribution in [0.4, 0.5) is 11.6 Å². The number of nitrogens with two attached hydrogens (primary N) is 1. The van der Waals surface area contributed by atoms with Crippen LogP contribution in [0.25, 0.3) is 11.2 Å². The van der Waals surface area contributed by atoms with Crippen molar-refractivity contribution in [2.24, 2.45) is 0 Å². The fraction of sp³-hybridized carbons (Fsp3) is 0.556. The summed E-state index contributed by atoms with van der Waals surface area (Å²) in [5, 5.41) is 222. The van der Waals surface area contributed by atoms with E-state index in [9.17, 15) is 164 Å². The van der Waals surface area contributed by atoms with Crippen molar-refractivity contribution < 1.29 is 160 Å². The van der Waals surface area contributed by atoms with E-state index in [0.29, 0.717) is 5.69 Å². The molecule has 0 aliphatic rings. The van der Waals surface area contributed by atoms with Crippen LogP contribution >= 0.6 is 12.6 Å². The highest BCUT2D eigenvalue weighted by molar-refractivity contribution is 7.80. The number of carboxylic acid groups (broad SMARTS) is 4. The molecule has 0 aliphatic carbocycles. The number of aromatic amines is 1. The normalized spacial score (nSPS) is 17.4. The summed E-state index contributed by atoms with van der Waals surface area (Å²) < 4.78 is 0. The number of carbonyl (C=O) groups excluding carboxylic acids is 8. The van der Waals surface area contributed by atoms with Gasteiger partial charge in [0.15, 0.2) is 11.2 Å². The van der Waals surface area contributed by atoms with Gasteiger partial charge in [0.2, 0.25) is 47.3 Å². The maximum absolute atomic E-state index is 14.4. The molecule has 0 saturated carbocycles. The zero-order valence-corrected chi connectivity index (χ0v) is 53.5. The number of fused-ring (bicyclic) bond motifs is 1. The number of hydrogen-bond donors (Lipinski definition) is 32. The minimum Gasteiger partial charge on any atom is -0.481 e. The van der Waals surface area contributed by atoms with Crippen LogP contribution in [0.1, 0.15) is 41.7 Å². The number of aliphatic hydroxyl groups excluding tert-OH is 16. The quantitative estimate of drug-likeness (QED) is 0.0234. The Morgan fingerprint density at radius 1 is 0.471 bits per heavy atom. The standard InChI is InChI=1S/C54H78N14O33S/c55-54-67-43-34(51(97)68-54)58-18(10-57-43)9-56-17-3-1-16(2-4-17)44(90)59-19(52(98)99)5-6-27(77)63-30(39(86)35(82)23(73)11-69)47(93)60-20(7-28(78)79)46(92)65-33(42(89)38(85)26(76)14-72)50(96)66-32(41(88)37(84)25(75)13-71)48(94)61-21(8-29(80)81)45(91)64-31(40(87)36(83)24(74)12-70)49(95)62-22(15-102)53(100)101/h1-4,10,19-26,30-33,35-42,56,69-76,82-89,102H,5-9,11-15H2,(H,59,90)(H,60,93)(H,61,94)(H,62,95)(H,63,77)(H,64,91)(H,65,92)(H,66,96)(H,78,79)(H,80,81)(H,98,99)(H,100,101)(H3,55,57,67,68,97)/t19-,20-,21-,22-,23+,24+,25+,26+,30-,31-,32-,33-,35?,36+,37+,38?,39+,40+,41+,42+/m0/s1. The van der Waals surface area contributed by atoms with Crippen molar-refractivity contribution in [1.29, 1.82) is 0 Å². The van der Waals surface area contributed by atoms with Crippen LogP contribution in [-0.4, -0.2) is 347 Å². The molecule has 0 spiro atoms. The summed E-state index contributed by atoms with van der Waals surface area (Å²) in [6.45, 7) is -5.73. The molecule has 20 atom stereocenters. The Balaban J connectivity index is 2.00. The Morgan fingerprint density at radius 2 is 0.843 bits per heavy atom. The van der Waals surface area contributed by atoms with Gasteiger partial charge in [0.05, 0.1) is 57.7 Å². The van der Waals surface area contributed by atoms with E-state index in [2.05, 4.69) is 43.2 Å². The number of aromatic nitrogens is 4. The van der Waals surface area contributed by atoms with Crippen LogP contribution in [0, 0.1) is 0 Å². The highest BCUT2D eigenvalue weighted by Crippen LogP contribution is 2.17. The van der Waals surface area contributed by atoms with Crippen molar-refractivity contribution >= 4 is 107 Å². The van der Waals surface area contributed by atoms with E-state index in [1.54, 1.807) is 31.9 Å². The molecule has 47 nitrogen and oxygen atoms in total. The highest BCUT2D eigenvalue weighted by Gasteiger charge is 2.46. The number of amides is 8. The third kappa shape index (κ3) is 25.2. The zero-order valence-electron chi connectivity index (χ0n) is 52.6. The summed E-state index contributed by atoms with van der Waals surface area (Å²) in [5.74, 6) is -23.0. The molecule has 0 radical (unpaired) electrons. The average molecular weight is 1480 g/mol. The smallest absolute Gasteiger partial charge is 0.327 e. The fourth-order valence-electron chi connectivity index (χ4n) is 8.85. The van der Waals surface area contributed by atoms with Crippen LogP contribution < -0.4 is 59.1 Å². The number of H-pyrrole nitrogens is 1. The molecule has 2 heterocycles. The lowest BCUT2D eigenvalue weighted by Crippen LogP contribution is -2.67. The number of rotatable bonds is 44. The van der Waals surface area contributed by atoms with Gasteiger partial charge in [-0.1, -0.05) is 0 Å². The first-order valence-electron chi connectivity index (χ1n) is 29.7. The molecule has 48 heteroatoms. The number of aliphatic carboxylic acids is 4. The van der Waals surface area contributed by atoms with Gasteiger partial charge >= 0.3 is 23.9 Å². The molecular formula is C54H78N14O33S. The molecule has 0 aliphatic heterocycles. The van der Waals surface area contributed by atoms with Gasteiger partial charge in [-0.15, -0.1) is 0 Å². The summed E-state index contributed by atoms with van der Waals surface area (Å²) in [7, 11) is 0. The molecule has 2 unspecified atom stereocenters. The monoisotopic (exact) mass is 1480 g/mol. The van der Waals surface area contributed by atoms with E-state index in [4.69, 9.17) is 5.73 Å². The van der Waals surface area contributed by atoms with E-state index in [1.165, 1.54) is 30.5 Å². The van der Waals surface area contributed by atoms with E-state index in [0.717, 1.165) is 0 Å². The summed E-state index contributed by atoms with van der Waals surface area (Å²) in [4.78, 5) is 186. The Bertz CT molecular complexity index is 3470. The first-order chi connectivity index (χ1) is 47.8. The topological polar surface area (TPSA) is 815 Å². The van der Waals surface area contributed by atoms with Crippen molar-refractivity contribution in [2.75, 3.05) is 43.2 Å². The Kier molecular flexibility index (Phi) is 34.6. The minimum absolute atomic E-state index is 0.00913. The maximum Gasteiger partial charge on any atom is 0.327 e. The SMILES string of the molecule is Nc1nc2ncc(CNc3ccc(C(=O)N[C@@H](CCC(=O)N[C@H](C(=O)N[C@@H](CC(=O)O)C(=O)N[C@H](C(=O)N[C@H](C(=O)N[C@@H](CC(=O)O)C(=O)N[C@H](C(=O)N[C@@H](CS)C(=O)O)[C@@H](O)[C@H](O)[C@H](O)CO)[C@@H](O)[C@H](O)[C@H](O)CO)[C@@H](O)C(O)[C@H](O)CO)[C@@H](O)C(O)[C@H](O)CO)C(=O)O)cc3)nc2c(=O)[nH]1. The number of thiol groups is 1. The lowest BCUT2D eigenvalue weighted by Gasteiger charge is -2.34. The minimum atomic E-state index is -3.09. The number of anilines is 2. The third-order valence-corrected chi connectivity index (χ3v) is 15.0. The van der Waals surface area contributed by atoms with E-state index in [-0.39, 0.29) is 34.9 Å². The van der Waals surface area contributed by atoms with Crippen molar-refractivity contribution in [3.8, 4) is 0 Å². The number of hydrogen-bond acceptors (Lipinski definition) is 35. The maximum atomic E-state index is 14.4. The molecule has 102 heavy (non-hydrogen) atoms. The first kappa shape index (κ1) is 86.6.